The molecule has 2 aromatic heterocycles. The number of hydrogen-bond acceptors (Lipinski definition) is 6. The molecule has 0 aliphatic rings. The molecule has 0 spiro atoms. The number of amides is 1. The van der Waals surface area contributed by atoms with E-state index >= 15 is 0 Å². The summed E-state index contributed by atoms with van der Waals surface area (Å²) in [5, 5.41) is 14.5. The number of rotatable bonds is 4. The van der Waals surface area contributed by atoms with Gasteiger partial charge < -0.3 is 14.8 Å². The molecule has 0 aromatic carbocycles. The molecule has 0 aliphatic heterocycles. The Morgan fingerprint density at radius 3 is 3.16 bits per heavy atom. The van der Waals surface area contributed by atoms with Crippen LogP contribution in [0.3, 0.4) is 0 Å². The molecule has 0 saturated heterocycles. The van der Waals surface area contributed by atoms with Crippen molar-refractivity contribution in [2.45, 2.75) is 13.0 Å². The summed E-state index contributed by atoms with van der Waals surface area (Å²) in [6.45, 7) is 0.0384. The van der Waals surface area contributed by atoms with Crippen LogP contribution in [-0.2, 0) is 11.3 Å². The fraction of sp³-hybridized carbons (Fsp3) is 0.182. The molecule has 0 saturated carbocycles. The largest absolute Gasteiger partial charge is 0.346 e. The van der Waals surface area contributed by atoms with E-state index in [0.29, 0.717) is 5.56 Å². The highest BCUT2D eigenvalue weighted by Gasteiger charge is 2.09. The Hall–Kier alpha value is -2.95. The van der Waals surface area contributed by atoms with E-state index in [1.807, 2.05) is 0 Å². The standard InChI is InChI=1S/C11H9N5O3/c12-3-1-8(17)14-6-10-15-11(16-19-10)7-2-4-13-9(18)5-7/h2,4-5H,1,6H2,(H,13,18)(H,14,17). The van der Waals surface area contributed by atoms with Crippen molar-refractivity contribution in [2.24, 2.45) is 0 Å². The molecular weight excluding hydrogens is 250 g/mol. The number of pyridine rings is 1. The number of nitriles is 1. The molecule has 0 fully saturated rings. The first kappa shape index (κ1) is 12.5. The van der Waals surface area contributed by atoms with Gasteiger partial charge in [-0.15, -0.1) is 0 Å². The van der Waals surface area contributed by atoms with Crippen molar-refractivity contribution in [1.29, 1.82) is 5.26 Å². The third kappa shape index (κ3) is 3.26. The molecule has 0 bridgehead atoms. The second-order valence-electron chi connectivity index (χ2n) is 3.56. The smallest absolute Gasteiger partial charge is 0.248 e. The van der Waals surface area contributed by atoms with E-state index in [-0.39, 0.29) is 30.2 Å². The predicted octanol–water partition coefficient (Wildman–Crippen LogP) is -0.0452. The van der Waals surface area contributed by atoms with E-state index in [0.717, 1.165) is 0 Å². The number of nitrogens with zero attached hydrogens (tertiary/aromatic N) is 3. The minimum Gasteiger partial charge on any atom is -0.346 e. The summed E-state index contributed by atoms with van der Waals surface area (Å²) in [7, 11) is 0. The zero-order valence-electron chi connectivity index (χ0n) is 9.71. The van der Waals surface area contributed by atoms with E-state index in [4.69, 9.17) is 9.78 Å². The summed E-state index contributed by atoms with van der Waals surface area (Å²) in [5.41, 5.74) is 0.244. The Kier molecular flexibility index (Phi) is 3.68. The Morgan fingerprint density at radius 2 is 2.42 bits per heavy atom. The maximum atomic E-state index is 11.1. The number of aromatic nitrogens is 3. The van der Waals surface area contributed by atoms with Crippen molar-refractivity contribution in [2.75, 3.05) is 0 Å². The van der Waals surface area contributed by atoms with Gasteiger partial charge in [0.2, 0.25) is 23.2 Å². The lowest BCUT2D eigenvalue weighted by Gasteiger charge is -1.96. The number of hydrogen-bond donors (Lipinski definition) is 2. The first-order valence-electron chi connectivity index (χ1n) is 5.34. The summed E-state index contributed by atoms with van der Waals surface area (Å²) in [4.78, 5) is 28.7. The molecule has 0 aliphatic carbocycles. The van der Waals surface area contributed by atoms with Crippen LogP contribution in [0, 0.1) is 11.3 Å². The molecule has 19 heavy (non-hydrogen) atoms. The zero-order chi connectivity index (χ0) is 13.7. The summed E-state index contributed by atoms with van der Waals surface area (Å²) in [6, 6.07) is 4.69. The van der Waals surface area contributed by atoms with Crippen molar-refractivity contribution < 1.29 is 9.32 Å². The predicted molar refractivity (Wildman–Crippen MR) is 62.4 cm³/mol. The fourth-order valence-electron chi connectivity index (χ4n) is 1.34. The Labute approximate surface area is 107 Å². The SMILES string of the molecule is N#CCC(=O)NCc1nc(-c2cc[nH]c(=O)c2)no1. The van der Waals surface area contributed by atoms with Crippen LogP contribution in [0.15, 0.2) is 27.6 Å². The quantitative estimate of drug-likeness (QED) is 0.793. The highest BCUT2D eigenvalue weighted by molar-refractivity contribution is 5.77. The summed E-state index contributed by atoms with van der Waals surface area (Å²) < 4.78 is 4.92. The van der Waals surface area contributed by atoms with Gasteiger partial charge in [0.15, 0.2) is 0 Å². The lowest BCUT2D eigenvalue weighted by atomic mass is 10.2. The molecule has 2 rings (SSSR count). The van der Waals surface area contributed by atoms with Gasteiger partial charge >= 0.3 is 0 Å². The Morgan fingerprint density at radius 1 is 1.58 bits per heavy atom. The van der Waals surface area contributed by atoms with Crippen LogP contribution in [0.25, 0.3) is 11.4 Å². The second kappa shape index (κ2) is 5.59. The van der Waals surface area contributed by atoms with E-state index in [1.165, 1.54) is 12.3 Å². The molecule has 0 unspecified atom stereocenters. The summed E-state index contributed by atoms with van der Waals surface area (Å²) in [5.74, 6) is 0.0376. The van der Waals surface area contributed by atoms with E-state index in [9.17, 15) is 9.59 Å². The first-order valence-corrected chi connectivity index (χ1v) is 5.34. The van der Waals surface area contributed by atoms with Crippen molar-refractivity contribution in [3.05, 3.63) is 34.6 Å². The van der Waals surface area contributed by atoms with Gasteiger partial charge in [-0.25, -0.2) is 0 Å². The minimum absolute atomic E-state index is 0.0384. The molecule has 96 valence electrons. The number of carbonyl (C=O) groups excluding carboxylic acids is 1. The number of nitrogens with one attached hydrogen (secondary N) is 2. The maximum Gasteiger partial charge on any atom is 0.248 e. The number of aromatic amines is 1. The first-order chi connectivity index (χ1) is 9.19. The average Bonchev–Trinajstić information content (AvgIpc) is 2.85. The van der Waals surface area contributed by atoms with Crippen LogP contribution >= 0.6 is 0 Å². The van der Waals surface area contributed by atoms with Crippen molar-refractivity contribution >= 4 is 5.91 Å². The molecule has 8 heteroatoms. The molecule has 0 radical (unpaired) electrons. The van der Waals surface area contributed by atoms with Gasteiger partial charge in [0.1, 0.15) is 6.42 Å². The van der Waals surface area contributed by atoms with Crippen molar-refractivity contribution in [3.8, 4) is 17.5 Å². The van der Waals surface area contributed by atoms with Crippen LogP contribution in [0.1, 0.15) is 12.3 Å². The van der Waals surface area contributed by atoms with Gasteiger partial charge in [0.05, 0.1) is 12.6 Å². The lowest BCUT2D eigenvalue weighted by molar-refractivity contribution is -0.120. The van der Waals surface area contributed by atoms with Gasteiger partial charge in [0, 0.05) is 17.8 Å². The molecule has 2 aromatic rings. The molecule has 0 atom stereocenters. The minimum atomic E-state index is -0.418. The number of H-pyrrole nitrogens is 1. The van der Waals surface area contributed by atoms with Gasteiger partial charge in [-0.05, 0) is 6.07 Å². The Bertz CT molecular complexity index is 682. The molecular formula is C11H9N5O3. The van der Waals surface area contributed by atoms with E-state index < -0.39 is 5.91 Å². The highest BCUT2D eigenvalue weighted by Crippen LogP contribution is 2.12. The van der Waals surface area contributed by atoms with Crippen LogP contribution in [0.4, 0.5) is 0 Å². The van der Waals surface area contributed by atoms with Gasteiger partial charge in [-0.1, -0.05) is 5.16 Å². The summed E-state index contributed by atoms with van der Waals surface area (Å²) in [6.07, 6.45) is 1.25. The van der Waals surface area contributed by atoms with Gasteiger partial charge in [0.25, 0.3) is 0 Å². The third-order valence-electron chi connectivity index (χ3n) is 2.18. The van der Waals surface area contributed by atoms with Gasteiger partial charge in [-0.2, -0.15) is 10.2 Å². The van der Waals surface area contributed by atoms with E-state index in [2.05, 4.69) is 20.4 Å². The summed E-state index contributed by atoms with van der Waals surface area (Å²) >= 11 is 0. The molecule has 2 N–H and O–H groups in total. The fourth-order valence-corrected chi connectivity index (χ4v) is 1.34. The monoisotopic (exact) mass is 259 g/mol. The highest BCUT2D eigenvalue weighted by atomic mass is 16.5. The molecule has 8 nitrogen and oxygen atoms in total. The van der Waals surface area contributed by atoms with Crippen molar-refractivity contribution in [1.82, 2.24) is 20.4 Å². The second-order valence-corrected chi connectivity index (χ2v) is 3.56. The lowest BCUT2D eigenvalue weighted by Crippen LogP contribution is -2.21. The van der Waals surface area contributed by atoms with Crippen LogP contribution < -0.4 is 10.9 Å². The Balaban J connectivity index is 2.06. The van der Waals surface area contributed by atoms with E-state index in [1.54, 1.807) is 12.1 Å². The normalized spacial score (nSPS) is 9.84. The third-order valence-corrected chi connectivity index (χ3v) is 2.18. The maximum absolute atomic E-state index is 11.1. The van der Waals surface area contributed by atoms with Crippen molar-refractivity contribution in [3.63, 3.8) is 0 Å². The molecule has 1 amide bonds. The van der Waals surface area contributed by atoms with Crippen LogP contribution in [0.2, 0.25) is 0 Å². The number of carbonyl (C=O) groups is 1. The van der Waals surface area contributed by atoms with Crippen LogP contribution in [-0.4, -0.2) is 21.0 Å². The van der Waals surface area contributed by atoms with Crippen LogP contribution in [0.5, 0.6) is 0 Å². The van der Waals surface area contributed by atoms with Gasteiger partial charge in [-0.3, -0.25) is 9.59 Å². The molecule has 2 heterocycles. The zero-order valence-corrected chi connectivity index (χ0v) is 9.71. The average molecular weight is 259 g/mol. The topological polar surface area (TPSA) is 125 Å².